The quantitative estimate of drug-likeness (QED) is 0.686. The molecule has 0 bridgehead atoms. The van der Waals surface area contributed by atoms with E-state index in [0.29, 0.717) is 12.1 Å². The maximum Gasteiger partial charge on any atom is 0.248 e. The van der Waals surface area contributed by atoms with Crippen LogP contribution in [0.5, 0.6) is 0 Å². The minimum Gasteiger partial charge on any atom is -0.379 e. The highest BCUT2D eigenvalue weighted by Crippen LogP contribution is 2.34. The van der Waals surface area contributed by atoms with Crippen molar-refractivity contribution in [3.8, 4) is 0 Å². The number of hydrogen-bond acceptors (Lipinski definition) is 5. The Morgan fingerprint density at radius 2 is 1.92 bits per heavy atom. The molecule has 0 saturated carbocycles. The summed E-state index contributed by atoms with van der Waals surface area (Å²) < 4.78 is 0. The molecule has 0 radical (unpaired) electrons. The number of primary amides is 1. The van der Waals surface area contributed by atoms with Gasteiger partial charge in [-0.05, 0) is 41.0 Å². The Hall–Kier alpha value is -3.41. The monoisotopic (exact) mass is 331 g/mol. The molecule has 4 N–H and O–H groups in total. The Morgan fingerprint density at radius 3 is 2.72 bits per heavy atom. The Kier molecular flexibility index (Phi) is 3.78. The molecule has 0 saturated heterocycles. The van der Waals surface area contributed by atoms with Gasteiger partial charge in [0.15, 0.2) is 0 Å². The average Bonchev–Trinajstić information content (AvgIpc) is 2.81. The van der Waals surface area contributed by atoms with Crippen molar-refractivity contribution in [1.82, 2.24) is 9.97 Å². The number of aromatic nitrogens is 2. The fraction of sp³-hybridized carbons (Fsp3) is 0.105. The van der Waals surface area contributed by atoms with E-state index >= 15 is 0 Å². The predicted molar refractivity (Wildman–Crippen MR) is 96.8 cm³/mol. The minimum atomic E-state index is -0.434. The molecule has 2 heterocycles. The number of carbonyl (C=O) groups excluding carboxylic acids is 1. The van der Waals surface area contributed by atoms with Gasteiger partial charge in [-0.25, -0.2) is 9.97 Å². The van der Waals surface area contributed by atoms with Crippen LogP contribution in [0.2, 0.25) is 0 Å². The molecule has 1 aliphatic rings. The number of amides is 1. The van der Waals surface area contributed by atoms with Gasteiger partial charge in [-0.15, -0.1) is 0 Å². The predicted octanol–water partition coefficient (Wildman–Crippen LogP) is 2.84. The van der Waals surface area contributed by atoms with Crippen molar-refractivity contribution in [2.45, 2.75) is 13.0 Å². The first kappa shape index (κ1) is 15.1. The lowest BCUT2D eigenvalue weighted by Crippen LogP contribution is -2.11. The molecule has 0 atom stereocenters. The number of nitrogens with one attached hydrogen (secondary N) is 2. The second-order valence-electron chi connectivity index (χ2n) is 5.97. The summed E-state index contributed by atoms with van der Waals surface area (Å²) in [7, 11) is 0. The molecule has 1 aliphatic heterocycles. The lowest BCUT2D eigenvalue weighted by atomic mass is 9.99. The number of nitrogens with two attached hydrogens (primary N) is 1. The normalized spacial score (nSPS) is 12.2. The highest BCUT2D eigenvalue weighted by atomic mass is 16.1. The van der Waals surface area contributed by atoms with Crippen molar-refractivity contribution in [3.05, 3.63) is 77.4 Å². The van der Waals surface area contributed by atoms with Crippen molar-refractivity contribution >= 4 is 23.0 Å². The van der Waals surface area contributed by atoms with Gasteiger partial charge in [0.05, 0.1) is 11.4 Å². The highest BCUT2D eigenvalue weighted by Gasteiger charge is 2.16. The molecule has 1 amide bonds. The molecule has 1 aromatic heterocycles. The number of rotatable bonds is 3. The number of carbonyl (C=O) groups is 1. The summed E-state index contributed by atoms with van der Waals surface area (Å²) in [6, 6.07) is 11.6. The van der Waals surface area contributed by atoms with Gasteiger partial charge in [0.25, 0.3) is 0 Å². The standard InChI is InChI=1S/C19H17N5O/c20-19(25)14-4-5-17-18(7-14)23-10-15-13(2-1-3-16(15)24-17)6-12-8-21-11-22-9-12/h1-5,7-9,11,23-24H,6,10H2,(H2,20,25). The molecular formula is C19H17N5O. The van der Waals surface area contributed by atoms with Gasteiger partial charge in [0, 0.05) is 36.6 Å². The number of nitrogens with zero attached hydrogens (tertiary/aromatic N) is 2. The largest absolute Gasteiger partial charge is 0.379 e. The first-order valence-electron chi connectivity index (χ1n) is 8.00. The Morgan fingerprint density at radius 1 is 1.08 bits per heavy atom. The van der Waals surface area contributed by atoms with Gasteiger partial charge in [-0.3, -0.25) is 4.79 Å². The van der Waals surface area contributed by atoms with Crippen LogP contribution < -0.4 is 16.4 Å². The van der Waals surface area contributed by atoms with Crippen LogP contribution in [-0.2, 0) is 13.0 Å². The third kappa shape index (κ3) is 3.01. The topological polar surface area (TPSA) is 92.9 Å². The van der Waals surface area contributed by atoms with Gasteiger partial charge in [-0.2, -0.15) is 0 Å². The van der Waals surface area contributed by atoms with Crippen LogP contribution in [0.25, 0.3) is 0 Å². The zero-order valence-electron chi connectivity index (χ0n) is 13.5. The summed E-state index contributed by atoms with van der Waals surface area (Å²) in [5, 5.41) is 6.85. The lowest BCUT2D eigenvalue weighted by Gasteiger charge is -2.13. The Bertz CT molecular complexity index is 940. The first-order valence-corrected chi connectivity index (χ1v) is 8.00. The zero-order chi connectivity index (χ0) is 17.2. The summed E-state index contributed by atoms with van der Waals surface area (Å²) in [5.41, 5.74) is 12.2. The molecular weight excluding hydrogens is 314 g/mol. The smallest absolute Gasteiger partial charge is 0.248 e. The maximum atomic E-state index is 11.4. The van der Waals surface area contributed by atoms with E-state index < -0.39 is 5.91 Å². The highest BCUT2D eigenvalue weighted by molar-refractivity contribution is 5.95. The zero-order valence-corrected chi connectivity index (χ0v) is 13.5. The maximum absolute atomic E-state index is 11.4. The lowest BCUT2D eigenvalue weighted by molar-refractivity contribution is 0.100. The number of anilines is 3. The van der Waals surface area contributed by atoms with Gasteiger partial charge in [0.1, 0.15) is 6.33 Å². The number of hydrogen-bond donors (Lipinski definition) is 3. The molecule has 2 aromatic carbocycles. The summed E-state index contributed by atoms with van der Waals surface area (Å²) in [6.45, 7) is 0.654. The van der Waals surface area contributed by atoms with E-state index in [1.54, 1.807) is 12.1 Å². The molecule has 25 heavy (non-hydrogen) atoms. The van der Waals surface area contributed by atoms with Crippen LogP contribution in [-0.4, -0.2) is 15.9 Å². The molecule has 0 spiro atoms. The Labute approximate surface area is 145 Å². The molecule has 124 valence electrons. The summed E-state index contributed by atoms with van der Waals surface area (Å²) in [4.78, 5) is 19.6. The van der Waals surface area contributed by atoms with Gasteiger partial charge in [0.2, 0.25) is 5.91 Å². The van der Waals surface area contributed by atoms with Crippen molar-refractivity contribution in [2.75, 3.05) is 10.6 Å². The van der Waals surface area contributed by atoms with Crippen LogP contribution in [0.4, 0.5) is 17.1 Å². The first-order chi connectivity index (χ1) is 12.2. The third-order valence-electron chi connectivity index (χ3n) is 4.31. The van der Waals surface area contributed by atoms with E-state index in [1.807, 2.05) is 24.5 Å². The second kappa shape index (κ2) is 6.24. The van der Waals surface area contributed by atoms with Crippen molar-refractivity contribution < 1.29 is 4.79 Å². The van der Waals surface area contributed by atoms with E-state index in [1.165, 1.54) is 17.5 Å². The van der Waals surface area contributed by atoms with Crippen molar-refractivity contribution in [2.24, 2.45) is 5.73 Å². The van der Waals surface area contributed by atoms with Crippen LogP contribution in [0.15, 0.2) is 55.1 Å². The molecule has 0 unspecified atom stereocenters. The van der Waals surface area contributed by atoms with Gasteiger partial charge >= 0.3 is 0 Å². The summed E-state index contributed by atoms with van der Waals surface area (Å²) >= 11 is 0. The molecule has 6 nitrogen and oxygen atoms in total. The SMILES string of the molecule is NC(=O)c1ccc2c(c1)NCc1c(Cc3cncnc3)cccc1N2. The van der Waals surface area contributed by atoms with Crippen LogP contribution in [0, 0.1) is 0 Å². The van der Waals surface area contributed by atoms with E-state index in [-0.39, 0.29) is 0 Å². The fourth-order valence-corrected chi connectivity index (χ4v) is 3.05. The molecule has 0 aliphatic carbocycles. The minimum absolute atomic E-state index is 0.434. The molecule has 0 fully saturated rings. The number of fused-ring (bicyclic) bond motifs is 2. The van der Waals surface area contributed by atoms with Gasteiger partial charge < -0.3 is 16.4 Å². The summed E-state index contributed by atoms with van der Waals surface area (Å²) in [6.07, 6.45) is 5.96. The average molecular weight is 331 g/mol. The fourth-order valence-electron chi connectivity index (χ4n) is 3.05. The van der Waals surface area contributed by atoms with E-state index in [4.69, 9.17) is 5.73 Å². The Balaban J connectivity index is 1.69. The third-order valence-corrected chi connectivity index (χ3v) is 4.31. The van der Waals surface area contributed by atoms with E-state index in [2.05, 4.69) is 32.7 Å². The number of benzene rings is 2. The molecule has 6 heteroatoms. The van der Waals surface area contributed by atoms with Crippen LogP contribution in [0.3, 0.4) is 0 Å². The van der Waals surface area contributed by atoms with Crippen LogP contribution in [0.1, 0.15) is 27.0 Å². The van der Waals surface area contributed by atoms with Crippen LogP contribution >= 0.6 is 0 Å². The van der Waals surface area contributed by atoms with Crippen molar-refractivity contribution in [3.63, 3.8) is 0 Å². The van der Waals surface area contributed by atoms with Crippen molar-refractivity contribution in [1.29, 1.82) is 0 Å². The molecule has 3 aromatic rings. The van der Waals surface area contributed by atoms with E-state index in [0.717, 1.165) is 29.0 Å². The van der Waals surface area contributed by atoms with E-state index in [9.17, 15) is 4.79 Å². The molecule has 4 rings (SSSR count). The summed E-state index contributed by atoms with van der Waals surface area (Å²) in [5.74, 6) is -0.434. The second-order valence-corrected chi connectivity index (χ2v) is 5.97. The van der Waals surface area contributed by atoms with Gasteiger partial charge in [-0.1, -0.05) is 12.1 Å².